The number of aromatic nitrogens is 2. The summed E-state index contributed by atoms with van der Waals surface area (Å²) in [6, 6.07) is 6.38. The molecular weight excluding hydrogens is 344 g/mol. The number of methoxy groups -OCH3 is 1. The Morgan fingerprint density at radius 2 is 1.81 bits per heavy atom. The predicted molar refractivity (Wildman–Crippen MR) is 106 cm³/mol. The number of rotatable bonds is 1. The van der Waals surface area contributed by atoms with Crippen LogP contribution in [0.2, 0.25) is 0 Å². The molecule has 0 bridgehead atoms. The molecule has 0 amide bonds. The molecule has 0 unspecified atom stereocenters. The van der Waals surface area contributed by atoms with Gasteiger partial charge in [-0.1, -0.05) is 39.5 Å². The lowest BCUT2D eigenvalue weighted by Gasteiger charge is -2.32. The zero-order valence-corrected chi connectivity index (χ0v) is 16.7. The summed E-state index contributed by atoms with van der Waals surface area (Å²) in [6.45, 7) is 8.56. The van der Waals surface area contributed by atoms with E-state index in [-0.39, 0.29) is 11.2 Å². The van der Waals surface area contributed by atoms with Crippen LogP contribution < -0.4 is 0 Å². The van der Waals surface area contributed by atoms with Crippen molar-refractivity contribution in [3.8, 4) is 11.8 Å². The third-order valence-corrected chi connectivity index (χ3v) is 5.14. The maximum Gasteiger partial charge on any atom is 0.376 e. The lowest BCUT2D eigenvalue weighted by atomic mass is 9.81. The van der Waals surface area contributed by atoms with Gasteiger partial charge in [-0.15, -0.1) is 11.8 Å². The predicted octanol–water partition coefficient (Wildman–Crippen LogP) is 4.46. The second kappa shape index (κ2) is 8.86. The van der Waals surface area contributed by atoms with Crippen LogP contribution in [-0.4, -0.2) is 28.8 Å². The van der Waals surface area contributed by atoms with Crippen LogP contribution in [0.1, 0.15) is 61.4 Å². The molecule has 0 saturated carbocycles. The van der Waals surface area contributed by atoms with Gasteiger partial charge in [-0.2, -0.15) is 0 Å². The van der Waals surface area contributed by atoms with E-state index >= 15 is 0 Å². The van der Waals surface area contributed by atoms with E-state index in [9.17, 15) is 4.79 Å². The molecule has 1 aliphatic rings. The molecule has 136 valence electrons. The quantitative estimate of drug-likeness (QED) is 0.549. The van der Waals surface area contributed by atoms with Crippen molar-refractivity contribution in [3.63, 3.8) is 0 Å². The van der Waals surface area contributed by atoms with Gasteiger partial charge in [-0.3, -0.25) is 0 Å². The summed E-state index contributed by atoms with van der Waals surface area (Å²) in [5.41, 5.74) is 3.18. The fourth-order valence-electron chi connectivity index (χ4n) is 2.55. The lowest BCUT2D eigenvalue weighted by molar-refractivity contribution is 0.0586. The number of hydrogen-bond donors (Lipinski definition) is 0. The molecule has 0 radical (unpaired) electrons. The summed E-state index contributed by atoms with van der Waals surface area (Å²) in [7, 11) is 1.30. The summed E-state index contributed by atoms with van der Waals surface area (Å²) in [5, 5.41) is 0. The Labute approximate surface area is 159 Å². The summed E-state index contributed by atoms with van der Waals surface area (Å²) >= 11 is 1.91. The molecule has 0 saturated heterocycles. The van der Waals surface area contributed by atoms with Gasteiger partial charge in [0.15, 0.2) is 0 Å². The van der Waals surface area contributed by atoms with Crippen molar-refractivity contribution in [1.82, 2.24) is 9.97 Å². The SMILES string of the molecule is CC.COC(=O)c1ncc(C#Cc2ccc3c(c2)C(C)(C)CCS3)cn1. The van der Waals surface area contributed by atoms with E-state index in [0.717, 1.165) is 11.3 Å². The number of carbonyl (C=O) groups excluding carboxylic acids is 1. The van der Waals surface area contributed by atoms with E-state index in [1.165, 1.54) is 36.4 Å². The highest BCUT2D eigenvalue weighted by molar-refractivity contribution is 7.99. The maximum absolute atomic E-state index is 11.3. The van der Waals surface area contributed by atoms with Gasteiger partial charge in [0.2, 0.25) is 5.82 Å². The van der Waals surface area contributed by atoms with Crippen molar-refractivity contribution in [2.24, 2.45) is 0 Å². The fourth-order valence-corrected chi connectivity index (χ4v) is 4.03. The molecule has 1 aliphatic heterocycles. The van der Waals surface area contributed by atoms with Crippen LogP contribution in [0.5, 0.6) is 0 Å². The second-order valence-electron chi connectivity index (χ2n) is 6.23. The van der Waals surface area contributed by atoms with Crippen LogP contribution in [0.3, 0.4) is 0 Å². The Hall–Kier alpha value is -2.32. The Bertz CT molecular complexity index is 833. The molecule has 1 aromatic heterocycles. The maximum atomic E-state index is 11.3. The highest BCUT2D eigenvalue weighted by atomic mass is 32.2. The highest BCUT2D eigenvalue weighted by Gasteiger charge is 2.27. The minimum Gasteiger partial charge on any atom is -0.463 e. The Morgan fingerprint density at radius 1 is 1.15 bits per heavy atom. The van der Waals surface area contributed by atoms with Crippen molar-refractivity contribution in [2.75, 3.05) is 12.9 Å². The number of fused-ring (bicyclic) bond motifs is 1. The topological polar surface area (TPSA) is 52.1 Å². The van der Waals surface area contributed by atoms with Gasteiger partial charge in [-0.05, 0) is 41.4 Å². The minimum absolute atomic E-state index is 0.0376. The summed E-state index contributed by atoms with van der Waals surface area (Å²) in [4.78, 5) is 20.6. The first-order valence-corrected chi connectivity index (χ1v) is 9.68. The molecule has 0 N–H and O–H groups in total. The van der Waals surface area contributed by atoms with Gasteiger partial charge in [0, 0.05) is 22.9 Å². The average molecular weight is 369 g/mol. The zero-order chi connectivity index (χ0) is 19.2. The summed E-state index contributed by atoms with van der Waals surface area (Å²) < 4.78 is 4.58. The van der Waals surface area contributed by atoms with Gasteiger partial charge in [0.05, 0.1) is 12.7 Å². The monoisotopic (exact) mass is 368 g/mol. The molecule has 0 aliphatic carbocycles. The molecule has 1 aromatic carbocycles. The van der Waals surface area contributed by atoms with Crippen molar-refractivity contribution < 1.29 is 9.53 Å². The van der Waals surface area contributed by atoms with Gasteiger partial charge >= 0.3 is 5.97 Å². The van der Waals surface area contributed by atoms with Gasteiger partial charge in [0.1, 0.15) is 0 Å². The van der Waals surface area contributed by atoms with E-state index in [0.29, 0.717) is 5.56 Å². The second-order valence-corrected chi connectivity index (χ2v) is 7.37. The van der Waals surface area contributed by atoms with Gasteiger partial charge < -0.3 is 4.74 Å². The first-order valence-electron chi connectivity index (χ1n) is 8.69. The molecule has 0 atom stereocenters. The first kappa shape index (κ1) is 20.0. The van der Waals surface area contributed by atoms with E-state index in [1.807, 2.05) is 31.7 Å². The molecule has 2 aromatic rings. The van der Waals surface area contributed by atoms with E-state index < -0.39 is 5.97 Å². The molecule has 2 heterocycles. The molecule has 0 spiro atoms. The first-order chi connectivity index (χ1) is 12.5. The number of nitrogens with zero attached hydrogens (tertiary/aromatic N) is 2. The van der Waals surface area contributed by atoms with E-state index in [2.05, 4.69) is 52.5 Å². The molecule has 26 heavy (non-hydrogen) atoms. The molecule has 5 heteroatoms. The molecule has 4 nitrogen and oxygen atoms in total. The molecule has 0 fully saturated rings. The molecule has 3 rings (SSSR count). The van der Waals surface area contributed by atoms with Crippen LogP contribution in [0.15, 0.2) is 35.5 Å². The minimum atomic E-state index is -0.552. The zero-order valence-electron chi connectivity index (χ0n) is 15.9. The summed E-state index contributed by atoms with van der Waals surface area (Å²) in [6.07, 6.45) is 4.24. The number of ether oxygens (including phenoxy) is 1. The standard InChI is InChI=1S/C19H18N2O2S.C2H6/c1-19(2)8-9-24-16-7-6-13(10-15(16)19)4-5-14-11-20-17(21-12-14)18(22)23-3;1-2/h6-7,10-12H,8-9H2,1-3H3;1-2H3. The van der Waals surface area contributed by atoms with Crippen molar-refractivity contribution in [3.05, 3.63) is 53.1 Å². The summed E-state index contributed by atoms with van der Waals surface area (Å²) in [5.74, 6) is 6.85. The van der Waals surface area contributed by atoms with Crippen LogP contribution in [0.4, 0.5) is 0 Å². The smallest absolute Gasteiger partial charge is 0.376 e. The fraction of sp³-hybridized carbons (Fsp3) is 0.381. The van der Waals surface area contributed by atoms with Crippen molar-refractivity contribution in [1.29, 1.82) is 0 Å². The Kier molecular flexibility index (Phi) is 6.82. The van der Waals surface area contributed by atoms with Crippen LogP contribution in [0, 0.1) is 11.8 Å². The molecular formula is C21H24N2O2S. The van der Waals surface area contributed by atoms with Crippen LogP contribution >= 0.6 is 11.8 Å². The number of hydrogen-bond acceptors (Lipinski definition) is 5. The third-order valence-electron chi connectivity index (χ3n) is 4.06. The van der Waals surface area contributed by atoms with Crippen molar-refractivity contribution >= 4 is 17.7 Å². The van der Waals surface area contributed by atoms with E-state index in [1.54, 1.807) is 0 Å². The third kappa shape index (κ3) is 4.64. The van der Waals surface area contributed by atoms with E-state index in [4.69, 9.17) is 0 Å². The number of benzene rings is 1. The van der Waals surface area contributed by atoms with Crippen LogP contribution in [0.25, 0.3) is 0 Å². The Balaban J connectivity index is 0.00000117. The lowest BCUT2D eigenvalue weighted by Crippen LogP contribution is -2.22. The number of thioether (sulfide) groups is 1. The van der Waals surface area contributed by atoms with Crippen molar-refractivity contribution in [2.45, 2.75) is 44.4 Å². The normalized spacial score (nSPS) is 14.0. The number of carbonyl (C=O) groups is 1. The van der Waals surface area contributed by atoms with Gasteiger partial charge in [-0.25, -0.2) is 14.8 Å². The van der Waals surface area contributed by atoms with Gasteiger partial charge in [0.25, 0.3) is 0 Å². The average Bonchev–Trinajstić information content (AvgIpc) is 2.68. The highest BCUT2D eigenvalue weighted by Crippen LogP contribution is 2.41. The largest absolute Gasteiger partial charge is 0.463 e. The Morgan fingerprint density at radius 3 is 2.46 bits per heavy atom. The van der Waals surface area contributed by atoms with Crippen LogP contribution in [-0.2, 0) is 10.2 Å². The number of esters is 1.